The molecule has 19 heavy (non-hydrogen) atoms. The average molecular weight is 267 g/mol. The van der Waals surface area contributed by atoms with Gasteiger partial charge in [0.1, 0.15) is 5.82 Å². The molecular formula is C13H18FN3O2. The SMILES string of the molecule is CCOC(=O)C1CCN(c2ncc(F)cc2N)CC1. The van der Waals surface area contributed by atoms with Crippen LogP contribution in [0.2, 0.25) is 0 Å². The number of anilines is 2. The van der Waals surface area contributed by atoms with E-state index < -0.39 is 5.82 Å². The first-order chi connectivity index (χ1) is 9.11. The van der Waals surface area contributed by atoms with Gasteiger partial charge >= 0.3 is 5.97 Å². The number of rotatable bonds is 3. The van der Waals surface area contributed by atoms with Gasteiger partial charge in [0.15, 0.2) is 5.82 Å². The molecule has 104 valence electrons. The second kappa shape index (κ2) is 5.86. The molecule has 0 atom stereocenters. The minimum Gasteiger partial charge on any atom is -0.466 e. The Morgan fingerprint density at radius 2 is 2.26 bits per heavy atom. The lowest BCUT2D eigenvalue weighted by Gasteiger charge is -2.32. The van der Waals surface area contributed by atoms with E-state index >= 15 is 0 Å². The number of nitrogens with zero attached hydrogens (tertiary/aromatic N) is 2. The Balaban J connectivity index is 1.98. The molecule has 1 fully saturated rings. The van der Waals surface area contributed by atoms with E-state index in [1.54, 1.807) is 6.92 Å². The molecule has 6 heteroatoms. The van der Waals surface area contributed by atoms with Gasteiger partial charge in [0.05, 0.1) is 24.4 Å². The molecule has 0 spiro atoms. The van der Waals surface area contributed by atoms with E-state index in [-0.39, 0.29) is 11.9 Å². The first-order valence-electron chi connectivity index (χ1n) is 6.44. The summed E-state index contributed by atoms with van der Waals surface area (Å²) in [6.07, 6.45) is 2.57. The quantitative estimate of drug-likeness (QED) is 0.842. The van der Waals surface area contributed by atoms with Crippen LogP contribution in [0.4, 0.5) is 15.9 Å². The fourth-order valence-electron chi connectivity index (χ4n) is 2.30. The van der Waals surface area contributed by atoms with Crippen molar-refractivity contribution in [3.05, 3.63) is 18.1 Å². The van der Waals surface area contributed by atoms with E-state index in [1.807, 2.05) is 4.90 Å². The molecule has 0 unspecified atom stereocenters. The molecule has 0 aromatic carbocycles. The van der Waals surface area contributed by atoms with Crippen LogP contribution in [-0.4, -0.2) is 30.6 Å². The maximum absolute atomic E-state index is 12.9. The van der Waals surface area contributed by atoms with Crippen LogP contribution in [0.1, 0.15) is 19.8 Å². The highest BCUT2D eigenvalue weighted by Gasteiger charge is 2.27. The number of pyridine rings is 1. The summed E-state index contributed by atoms with van der Waals surface area (Å²) in [6, 6.07) is 1.26. The van der Waals surface area contributed by atoms with Crippen LogP contribution in [-0.2, 0) is 9.53 Å². The largest absolute Gasteiger partial charge is 0.466 e. The second-order valence-corrected chi connectivity index (χ2v) is 4.58. The summed E-state index contributed by atoms with van der Waals surface area (Å²) >= 11 is 0. The number of aromatic nitrogens is 1. The first-order valence-corrected chi connectivity index (χ1v) is 6.44. The topological polar surface area (TPSA) is 68.5 Å². The maximum Gasteiger partial charge on any atom is 0.309 e. The number of nitrogen functional groups attached to an aromatic ring is 1. The van der Waals surface area contributed by atoms with Gasteiger partial charge in [0.25, 0.3) is 0 Å². The van der Waals surface area contributed by atoms with Crippen molar-refractivity contribution in [2.45, 2.75) is 19.8 Å². The summed E-state index contributed by atoms with van der Waals surface area (Å²) < 4.78 is 18.0. The van der Waals surface area contributed by atoms with Crippen LogP contribution in [0.15, 0.2) is 12.3 Å². The molecule has 2 rings (SSSR count). The number of halogens is 1. The van der Waals surface area contributed by atoms with E-state index in [9.17, 15) is 9.18 Å². The molecule has 1 aliphatic heterocycles. The monoisotopic (exact) mass is 267 g/mol. The first kappa shape index (κ1) is 13.6. The molecule has 5 nitrogen and oxygen atoms in total. The van der Waals surface area contributed by atoms with E-state index in [2.05, 4.69) is 4.98 Å². The maximum atomic E-state index is 12.9. The standard InChI is InChI=1S/C13H18FN3O2/c1-2-19-13(18)9-3-5-17(6-4-9)12-11(15)7-10(14)8-16-12/h7-9H,2-6,15H2,1H3. The molecule has 2 N–H and O–H groups in total. The molecule has 1 saturated heterocycles. The molecule has 0 amide bonds. The zero-order chi connectivity index (χ0) is 13.8. The van der Waals surface area contributed by atoms with Gasteiger partial charge in [0, 0.05) is 19.2 Å². The number of nitrogens with two attached hydrogens (primary N) is 1. The van der Waals surface area contributed by atoms with Crippen LogP contribution < -0.4 is 10.6 Å². The number of hydrogen-bond donors (Lipinski definition) is 1. The van der Waals surface area contributed by atoms with Gasteiger partial charge in [-0.05, 0) is 19.8 Å². The predicted octanol–water partition coefficient (Wildman–Crippen LogP) is 1.58. The number of hydrogen-bond acceptors (Lipinski definition) is 5. The highest BCUT2D eigenvalue weighted by Crippen LogP contribution is 2.26. The van der Waals surface area contributed by atoms with Crippen molar-refractivity contribution >= 4 is 17.5 Å². The van der Waals surface area contributed by atoms with Crippen molar-refractivity contribution in [2.24, 2.45) is 5.92 Å². The summed E-state index contributed by atoms with van der Waals surface area (Å²) in [5.41, 5.74) is 6.09. The van der Waals surface area contributed by atoms with E-state index in [0.29, 0.717) is 44.0 Å². The van der Waals surface area contributed by atoms with Gasteiger partial charge in [-0.1, -0.05) is 0 Å². The Bertz CT molecular complexity index is 459. The summed E-state index contributed by atoms with van der Waals surface area (Å²) in [5.74, 6) is -0.0496. The molecule has 1 aliphatic rings. The van der Waals surface area contributed by atoms with Crippen LogP contribution in [0.3, 0.4) is 0 Å². The van der Waals surface area contributed by atoms with Gasteiger partial charge in [-0.15, -0.1) is 0 Å². The molecule has 0 aliphatic carbocycles. The van der Waals surface area contributed by atoms with Crippen molar-refractivity contribution < 1.29 is 13.9 Å². The van der Waals surface area contributed by atoms with Crippen molar-refractivity contribution in [3.8, 4) is 0 Å². The molecular weight excluding hydrogens is 249 g/mol. The lowest BCUT2D eigenvalue weighted by Crippen LogP contribution is -2.37. The number of piperidine rings is 1. The van der Waals surface area contributed by atoms with Crippen molar-refractivity contribution in [2.75, 3.05) is 30.3 Å². The third-order valence-electron chi connectivity index (χ3n) is 3.28. The van der Waals surface area contributed by atoms with Crippen molar-refractivity contribution in [1.82, 2.24) is 4.98 Å². The van der Waals surface area contributed by atoms with E-state index in [4.69, 9.17) is 10.5 Å². The summed E-state index contributed by atoms with van der Waals surface area (Å²) in [5, 5.41) is 0. The van der Waals surface area contributed by atoms with Gasteiger partial charge < -0.3 is 15.4 Å². The minimum atomic E-state index is -0.442. The van der Waals surface area contributed by atoms with Crippen LogP contribution in [0, 0.1) is 11.7 Å². The predicted molar refractivity (Wildman–Crippen MR) is 70.2 cm³/mol. The number of esters is 1. The zero-order valence-corrected chi connectivity index (χ0v) is 10.9. The van der Waals surface area contributed by atoms with Gasteiger partial charge in [-0.2, -0.15) is 0 Å². The van der Waals surface area contributed by atoms with Crippen molar-refractivity contribution in [3.63, 3.8) is 0 Å². The summed E-state index contributed by atoms with van der Waals surface area (Å²) in [7, 11) is 0. The fraction of sp³-hybridized carbons (Fsp3) is 0.538. The Morgan fingerprint density at radius 3 is 2.84 bits per heavy atom. The molecule has 2 heterocycles. The number of carbonyl (C=O) groups excluding carboxylic acids is 1. The Labute approximate surface area is 111 Å². The Morgan fingerprint density at radius 1 is 1.58 bits per heavy atom. The lowest BCUT2D eigenvalue weighted by molar-refractivity contribution is -0.148. The highest BCUT2D eigenvalue weighted by atomic mass is 19.1. The summed E-state index contributed by atoms with van der Waals surface area (Å²) in [6.45, 7) is 3.56. The zero-order valence-electron chi connectivity index (χ0n) is 10.9. The molecule has 1 aromatic heterocycles. The van der Waals surface area contributed by atoms with Gasteiger partial charge in [-0.25, -0.2) is 9.37 Å². The fourth-order valence-corrected chi connectivity index (χ4v) is 2.30. The summed E-state index contributed by atoms with van der Waals surface area (Å²) in [4.78, 5) is 17.6. The highest BCUT2D eigenvalue weighted by molar-refractivity contribution is 5.73. The Kier molecular flexibility index (Phi) is 4.19. The minimum absolute atomic E-state index is 0.0575. The Hall–Kier alpha value is -1.85. The third-order valence-corrected chi connectivity index (χ3v) is 3.28. The van der Waals surface area contributed by atoms with Crippen LogP contribution in [0.25, 0.3) is 0 Å². The second-order valence-electron chi connectivity index (χ2n) is 4.58. The lowest BCUT2D eigenvalue weighted by atomic mass is 9.97. The molecule has 0 saturated carbocycles. The molecule has 0 radical (unpaired) electrons. The van der Waals surface area contributed by atoms with E-state index in [0.717, 1.165) is 6.20 Å². The third kappa shape index (κ3) is 3.13. The number of carbonyl (C=O) groups is 1. The normalized spacial score (nSPS) is 16.4. The molecule has 0 bridgehead atoms. The molecule has 1 aromatic rings. The number of ether oxygens (including phenoxy) is 1. The van der Waals surface area contributed by atoms with Gasteiger partial charge in [-0.3, -0.25) is 4.79 Å². The van der Waals surface area contributed by atoms with Crippen LogP contribution in [0.5, 0.6) is 0 Å². The van der Waals surface area contributed by atoms with Crippen molar-refractivity contribution in [1.29, 1.82) is 0 Å². The van der Waals surface area contributed by atoms with E-state index in [1.165, 1.54) is 6.07 Å². The van der Waals surface area contributed by atoms with Gasteiger partial charge in [0.2, 0.25) is 0 Å². The average Bonchev–Trinajstić information content (AvgIpc) is 2.39. The van der Waals surface area contributed by atoms with Crippen LogP contribution >= 0.6 is 0 Å². The smallest absolute Gasteiger partial charge is 0.309 e.